The maximum atomic E-state index is 12.2. The smallest absolute Gasteiger partial charge is 0.262 e. The van der Waals surface area contributed by atoms with Gasteiger partial charge in [0.15, 0.2) is 12.4 Å². The van der Waals surface area contributed by atoms with Gasteiger partial charge >= 0.3 is 0 Å². The molecule has 1 N–H and O–H groups in total. The van der Waals surface area contributed by atoms with Gasteiger partial charge in [0.25, 0.3) is 5.91 Å². The molecule has 0 bridgehead atoms. The number of aromatic nitrogens is 2. The van der Waals surface area contributed by atoms with Crippen molar-refractivity contribution in [3.8, 4) is 17.0 Å². The molecule has 0 atom stereocenters. The number of nitrogens with one attached hydrogen (secondary N) is 1. The van der Waals surface area contributed by atoms with E-state index < -0.39 is 0 Å². The van der Waals surface area contributed by atoms with Gasteiger partial charge in [-0.05, 0) is 49.2 Å². The van der Waals surface area contributed by atoms with Crippen molar-refractivity contribution < 1.29 is 9.53 Å². The highest BCUT2D eigenvalue weighted by Crippen LogP contribution is 2.23. The van der Waals surface area contributed by atoms with E-state index in [0.717, 1.165) is 30.2 Å². The van der Waals surface area contributed by atoms with E-state index in [-0.39, 0.29) is 12.5 Å². The zero-order chi connectivity index (χ0) is 20.6. The molecule has 1 aliphatic heterocycles. The first-order valence-electron chi connectivity index (χ1n) is 10.4. The molecule has 1 saturated heterocycles. The second-order valence-corrected chi connectivity index (χ2v) is 7.41. The van der Waals surface area contributed by atoms with Crippen molar-refractivity contribution in [2.75, 3.05) is 29.9 Å². The fourth-order valence-electron chi connectivity index (χ4n) is 3.57. The summed E-state index contributed by atoms with van der Waals surface area (Å²) in [6, 6.07) is 20.9. The molecule has 0 aliphatic carbocycles. The fraction of sp³-hybridized carbons (Fsp3) is 0.292. The Morgan fingerprint density at radius 2 is 1.70 bits per heavy atom. The van der Waals surface area contributed by atoms with E-state index in [2.05, 4.69) is 20.4 Å². The molecule has 2 heterocycles. The van der Waals surface area contributed by atoms with Gasteiger partial charge in [-0.1, -0.05) is 43.2 Å². The number of hydrogen-bond donors (Lipinski definition) is 1. The zero-order valence-electron chi connectivity index (χ0n) is 17.0. The van der Waals surface area contributed by atoms with Crippen molar-refractivity contribution >= 4 is 17.4 Å². The van der Waals surface area contributed by atoms with Gasteiger partial charge in [0.2, 0.25) is 0 Å². The second-order valence-electron chi connectivity index (χ2n) is 7.41. The first kappa shape index (κ1) is 19.9. The third kappa shape index (κ3) is 5.35. The van der Waals surface area contributed by atoms with Gasteiger partial charge < -0.3 is 15.0 Å². The standard InChI is InChI=1S/C24H26N4O2/c29-24(18-30-21-11-4-3-5-12-21)25-20-10-8-9-19(17-20)22-13-14-23(27-26-22)28-15-6-1-2-7-16-28/h3-5,8-14,17H,1-2,6-7,15-16,18H2,(H,25,29). The van der Waals surface area contributed by atoms with Crippen LogP contribution in [-0.4, -0.2) is 35.8 Å². The van der Waals surface area contributed by atoms with Crippen molar-refractivity contribution in [2.24, 2.45) is 0 Å². The lowest BCUT2D eigenvalue weighted by Crippen LogP contribution is -2.25. The first-order chi connectivity index (χ1) is 14.8. The van der Waals surface area contributed by atoms with Crippen LogP contribution in [0.25, 0.3) is 11.3 Å². The summed E-state index contributed by atoms with van der Waals surface area (Å²) in [5.41, 5.74) is 2.39. The first-order valence-corrected chi connectivity index (χ1v) is 10.4. The number of para-hydroxylation sites is 1. The van der Waals surface area contributed by atoms with Crippen LogP contribution in [0.2, 0.25) is 0 Å². The monoisotopic (exact) mass is 402 g/mol. The number of carbonyl (C=O) groups excluding carboxylic acids is 1. The van der Waals surface area contributed by atoms with Gasteiger partial charge in [0.05, 0.1) is 5.69 Å². The van der Waals surface area contributed by atoms with Crippen LogP contribution in [0, 0.1) is 0 Å². The average molecular weight is 402 g/mol. The maximum absolute atomic E-state index is 12.2. The predicted octanol–water partition coefficient (Wildman–Crippen LogP) is 4.54. The number of ether oxygens (including phenoxy) is 1. The lowest BCUT2D eigenvalue weighted by Gasteiger charge is -2.20. The number of carbonyl (C=O) groups is 1. The minimum absolute atomic E-state index is 0.0431. The molecule has 1 aliphatic rings. The van der Waals surface area contributed by atoms with E-state index in [1.807, 2.05) is 66.7 Å². The predicted molar refractivity (Wildman–Crippen MR) is 119 cm³/mol. The third-order valence-corrected chi connectivity index (χ3v) is 5.14. The molecular weight excluding hydrogens is 376 g/mol. The Balaban J connectivity index is 1.38. The van der Waals surface area contributed by atoms with E-state index in [1.165, 1.54) is 25.7 Å². The summed E-state index contributed by atoms with van der Waals surface area (Å²) in [6.07, 6.45) is 4.99. The van der Waals surface area contributed by atoms with E-state index >= 15 is 0 Å². The summed E-state index contributed by atoms with van der Waals surface area (Å²) in [6.45, 7) is 2.04. The Labute approximate surface area is 176 Å². The number of nitrogens with zero attached hydrogens (tertiary/aromatic N) is 3. The number of hydrogen-bond acceptors (Lipinski definition) is 5. The van der Waals surface area contributed by atoms with Crippen LogP contribution >= 0.6 is 0 Å². The molecule has 0 unspecified atom stereocenters. The Bertz CT molecular complexity index is 952. The summed E-state index contributed by atoms with van der Waals surface area (Å²) in [5.74, 6) is 1.39. The van der Waals surface area contributed by atoms with Crippen LogP contribution in [0.1, 0.15) is 25.7 Å². The van der Waals surface area contributed by atoms with E-state index in [0.29, 0.717) is 11.4 Å². The minimum atomic E-state index is -0.210. The Morgan fingerprint density at radius 3 is 2.43 bits per heavy atom. The van der Waals surface area contributed by atoms with Gasteiger partial charge in [-0.25, -0.2) is 0 Å². The highest BCUT2D eigenvalue weighted by molar-refractivity contribution is 5.92. The van der Waals surface area contributed by atoms with Crippen molar-refractivity contribution in [1.82, 2.24) is 10.2 Å². The molecule has 1 amide bonds. The van der Waals surface area contributed by atoms with E-state index in [4.69, 9.17) is 4.74 Å². The lowest BCUT2D eigenvalue weighted by molar-refractivity contribution is -0.118. The molecule has 0 radical (unpaired) electrons. The molecule has 0 spiro atoms. The van der Waals surface area contributed by atoms with Gasteiger partial charge in [-0.2, -0.15) is 0 Å². The quantitative estimate of drug-likeness (QED) is 0.656. The summed E-state index contributed by atoms with van der Waals surface area (Å²) >= 11 is 0. The average Bonchev–Trinajstić information content (AvgIpc) is 3.08. The van der Waals surface area contributed by atoms with E-state index in [1.54, 1.807) is 0 Å². The molecular formula is C24H26N4O2. The lowest BCUT2D eigenvalue weighted by atomic mass is 10.1. The minimum Gasteiger partial charge on any atom is -0.484 e. The number of rotatable bonds is 6. The van der Waals surface area contributed by atoms with Crippen molar-refractivity contribution in [1.29, 1.82) is 0 Å². The van der Waals surface area contributed by atoms with Gasteiger partial charge in [0, 0.05) is 24.3 Å². The number of amides is 1. The second kappa shape index (κ2) is 9.87. The van der Waals surface area contributed by atoms with Crippen LogP contribution in [-0.2, 0) is 4.79 Å². The molecule has 2 aromatic carbocycles. The van der Waals surface area contributed by atoms with Crippen LogP contribution in [0.5, 0.6) is 5.75 Å². The Kier molecular flexibility index (Phi) is 6.54. The summed E-state index contributed by atoms with van der Waals surface area (Å²) in [4.78, 5) is 14.5. The maximum Gasteiger partial charge on any atom is 0.262 e. The number of benzene rings is 2. The van der Waals surface area contributed by atoms with Crippen molar-refractivity contribution in [2.45, 2.75) is 25.7 Å². The molecule has 154 valence electrons. The van der Waals surface area contributed by atoms with Gasteiger partial charge in [-0.15, -0.1) is 10.2 Å². The van der Waals surface area contributed by atoms with Crippen molar-refractivity contribution in [3.63, 3.8) is 0 Å². The summed E-state index contributed by atoms with van der Waals surface area (Å²) in [7, 11) is 0. The third-order valence-electron chi connectivity index (χ3n) is 5.14. The highest BCUT2D eigenvalue weighted by atomic mass is 16.5. The summed E-state index contributed by atoms with van der Waals surface area (Å²) in [5, 5.41) is 11.7. The topological polar surface area (TPSA) is 67.3 Å². The molecule has 6 nitrogen and oxygen atoms in total. The van der Waals surface area contributed by atoms with Crippen LogP contribution in [0.3, 0.4) is 0 Å². The van der Waals surface area contributed by atoms with Gasteiger partial charge in [0.1, 0.15) is 5.75 Å². The fourth-order valence-corrected chi connectivity index (χ4v) is 3.57. The van der Waals surface area contributed by atoms with Crippen molar-refractivity contribution in [3.05, 3.63) is 66.7 Å². The molecule has 30 heavy (non-hydrogen) atoms. The Hall–Kier alpha value is -3.41. The van der Waals surface area contributed by atoms with Crippen LogP contribution in [0.4, 0.5) is 11.5 Å². The molecule has 3 aromatic rings. The van der Waals surface area contributed by atoms with Crippen LogP contribution < -0.4 is 15.0 Å². The molecule has 0 saturated carbocycles. The number of anilines is 2. The molecule has 1 fully saturated rings. The van der Waals surface area contributed by atoms with Gasteiger partial charge in [-0.3, -0.25) is 4.79 Å². The van der Waals surface area contributed by atoms with E-state index in [9.17, 15) is 4.79 Å². The highest BCUT2D eigenvalue weighted by Gasteiger charge is 2.12. The largest absolute Gasteiger partial charge is 0.484 e. The Morgan fingerprint density at radius 1 is 0.900 bits per heavy atom. The zero-order valence-corrected chi connectivity index (χ0v) is 17.0. The SMILES string of the molecule is O=C(COc1ccccc1)Nc1cccc(-c2ccc(N3CCCCCC3)nn2)c1. The normalized spacial score (nSPS) is 14.1. The molecule has 1 aromatic heterocycles. The summed E-state index contributed by atoms with van der Waals surface area (Å²) < 4.78 is 5.50. The van der Waals surface area contributed by atoms with Crippen LogP contribution in [0.15, 0.2) is 66.7 Å². The molecule has 6 heteroatoms. The molecule has 4 rings (SSSR count).